The Bertz CT molecular complexity index is 294. The Kier molecular flexibility index (Phi) is 3.43. The number of halogens is 1. The van der Waals surface area contributed by atoms with Crippen molar-refractivity contribution >= 4 is 0 Å². The van der Waals surface area contributed by atoms with E-state index < -0.39 is 0 Å². The maximum absolute atomic E-state index is 13.2. The van der Waals surface area contributed by atoms with E-state index in [0.29, 0.717) is 12.1 Å². The van der Waals surface area contributed by atoms with Gasteiger partial charge in [0.15, 0.2) is 0 Å². The Morgan fingerprint density at radius 3 is 2.54 bits per heavy atom. The fourth-order valence-corrected chi connectivity index (χ4v) is 1.43. The van der Waals surface area contributed by atoms with E-state index in [1.54, 1.807) is 13.0 Å². The van der Waals surface area contributed by atoms with Gasteiger partial charge in [0.25, 0.3) is 0 Å². The molecular weight excluding hydrogens is 165 g/mol. The van der Waals surface area contributed by atoms with Gasteiger partial charge in [-0.25, -0.2) is 4.39 Å². The highest BCUT2D eigenvalue weighted by Gasteiger charge is 2.03. The van der Waals surface area contributed by atoms with Crippen LogP contribution in [0.3, 0.4) is 0 Å². The average molecular weight is 181 g/mol. The van der Waals surface area contributed by atoms with Crippen molar-refractivity contribution in [3.05, 3.63) is 34.6 Å². The van der Waals surface area contributed by atoms with Crippen LogP contribution in [0.25, 0.3) is 0 Å². The van der Waals surface area contributed by atoms with Crippen molar-refractivity contribution in [3.8, 4) is 0 Å². The molecule has 0 unspecified atom stereocenters. The molecule has 0 aliphatic heterocycles. The lowest BCUT2D eigenvalue weighted by Crippen LogP contribution is -2.02. The van der Waals surface area contributed by atoms with Crippen LogP contribution >= 0.6 is 0 Å². The van der Waals surface area contributed by atoms with Gasteiger partial charge in [0.05, 0.1) is 0 Å². The van der Waals surface area contributed by atoms with E-state index in [0.717, 1.165) is 24.0 Å². The summed E-state index contributed by atoms with van der Waals surface area (Å²) in [7, 11) is 0. The zero-order valence-electron chi connectivity index (χ0n) is 8.23. The third-order valence-electron chi connectivity index (χ3n) is 2.27. The molecule has 0 fully saturated rings. The molecule has 0 aliphatic rings. The van der Waals surface area contributed by atoms with Gasteiger partial charge in [-0.1, -0.05) is 6.07 Å². The van der Waals surface area contributed by atoms with Crippen LogP contribution in [0.5, 0.6) is 0 Å². The topological polar surface area (TPSA) is 26.0 Å². The third kappa shape index (κ3) is 2.52. The molecule has 2 heteroatoms. The van der Waals surface area contributed by atoms with E-state index in [1.165, 1.54) is 0 Å². The van der Waals surface area contributed by atoms with Gasteiger partial charge in [0.1, 0.15) is 5.82 Å². The molecule has 0 bridgehead atoms. The van der Waals surface area contributed by atoms with Crippen molar-refractivity contribution in [1.29, 1.82) is 0 Å². The van der Waals surface area contributed by atoms with Gasteiger partial charge < -0.3 is 5.73 Å². The summed E-state index contributed by atoms with van der Waals surface area (Å²) in [5.41, 5.74) is 8.35. The maximum Gasteiger partial charge on any atom is 0.126 e. The number of benzene rings is 1. The van der Waals surface area contributed by atoms with Crippen LogP contribution in [0.4, 0.5) is 4.39 Å². The second kappa shape index (κ2) is 4.38. The molecule has 13 heavy (non-hydrogen) atoms. The molecule has 72 valence electrons. The minimum absolute atomic E-state index is 0.113. The quantitative estimate of drug-likeness (QED) is 0.761. The van der Waals surface area contributed by atoms with Crippen molar-refractivity contribution in [1.82, 2.24) is 0 Å². The fraction of sp³-hybridized carbons (Fsp3) is 0.455. The smallest absolute Gasteiger partial charge is 0.126 e. The number of rotatable bonds is 3. The lowest BCUT2D eigenvalue weighted by molar-refractivity contribution is 0.614. The molecule has 0 spiro atoms. The molecule has 1 rings (SSSR count). The highest BCUT2D eigenvalue weighted by molar-refractivity contribution is 5.31. The lowest BCUT2D eigenvalue weighted by atomic mass is 10.0. The molecule has 0 heterocycles. The van der Waals surface area contributed by atoms with E-state index in [-0.39, 0.29) is 5.82 Å². The van der Waals surface area contributed by atoms with Crippen LogP contribution in [0.15, 0.2) is 12.1 Å². The predicted molar refractivity (Wildman–Crippen MR) is 53.2 cm³/mol. The fourth-order valence-electron chi connectivity index (χ4n) is 1.43. The van der Waals surface area contributed by atoms with E-state index in [9.17, 15) is 4.39 Å². The first-order valence-corrected chi connectivity index (χ1v) is 4.61. The van der Waals surface area contributed by atoms with Crippen LogP contribution in [0.1, 0.15) is 23.1 Å². The molecule has 1 aromatic carbocycles. The van der Waals surface area contributed by atoms with Crippen molar-refractivity contribution in [3.63, 3.8) is 0 Å². The van der Waals surface area contributed by atoms with Gasteiger partial charge in [-0.05, 0) is 56.0 Å². The third-order valence-corrected chi connectivity index (χ3v) is 2.27. The lowest BCUT2D eigenvalue weighted by Gasteiger charge is -2.06. The molecule has 0 aliphatic carbocycles. The Balaban J connectivity index is 2.88. The van der Waals surface area contributed by atoms with Crippen molar-refractivity contribution < 1.29 is 4.39 Å². The Morgan fingerprint density at radius 2 is 1.92 bits per heavy atom. The molecule has 0 radical (unpaired) electrons. The van der Waals surface area contributed by atoms with Gasteiger partial charge in [-0.15, -0.1) is 0 Å². The number of aryl methyl sites for hydroxylation is 3. The summed E-state index contributed by atoms with van der Waals surface area (Å²) in [6.07, 6.45) is 1.79. The van der Waals surface area contributed by atoms with Crippen molar-refractivity contribution in [2.24, 2.45) is 5.73 Å². The van der Waals surface area contributed by atoms with Gasteiger partial charge in [0.2, 0.25) is 0 Å². The Hall–Kier alpha value is -0.890. The minimum atomic E-state index is -0.113. The normalized spacial score (nSPS) is 10.5. The largest absolute Gasteiger partial charge is 0.330 e. The van der Waals surface area contributed by atoms with Crippen molar-refractivity contribution in [2.75, 3.05) is 6.54 Å². The predicted octanol–water partition coefficient (Wildman–Crippen LogP) is 2.33. The summed E-state index contributed by atoms with van der Waals surface area (Å²) >= 11 is 0. The Morgan fingerprint density at radius 1 is 1.23 bits per heavy atom. The second-order valence-electron chi connectivity index (χ2n) is 3.42. The molecule has 0 saturated carbocycles. The SMILES string of the molecule is Cc1cc(C)c(CCCN)cc1F. The highest BCUT2D eigenvalue weighted by Crippen LogP contribution is 2.15. The maximum atomic E-state index is 13.2. The van der Waals surface area contributed by atoms with E-state index in [4.69, 9.17) is 5.73 Å². The van der Waals surface area contributed by atoms with E-state index in [2.05, 4.69) is 0 Å². The summed E-state index contributed by atoms with van der Waals surface area (Å²) in [6.45, 7) is 4.46. The molecule has 1 aromatic rings. The van der Waals surface area contributed by atoms with Gasteiger partial charge in [-0.2, -0.15) is 0 Å². The van der Waals surface area contributed by atoms with E-state index in [1.807, 2.05) is 13.0 Å². The zero-order valence-corrected chi connectivity index (χ0v) is 8.23. The first kappa shape index (κ1) is 10.2. The summed E-state index contributed by atoms with van der Waals surface area (Å²) in [5.74, 6) is -0.113. The van der Waals surface area contributed by atoms with Gasteiger partial charge in [0, 0.05) is 0 Å². The first-order valence-electron chi connectivity index (χ1n) is 4.61. The summed E-state index contributed by atoms with van der Waals surface area (Å²) in [4.78, 5) is 0. The summed E-state index contributed by atoms with van der Waals surface area (Å²) in [5, 5.41) is 0. The van der Waals surface area contributed by atoms with Crippen molar-refractivity contribution in [2.45, 2.75) is 26.7 Å². The molecule has 0 amide bonds. The highest BCUT2D eigenvalue weighted by atomic mass is 19.1. The van der Waals surface area contributed by atoms with Gasteiger partial charge in [-0.3, -0.25) is 0 Å². The average Bonchev–Trinajstić information content (AvgIpc) is 2.09. The standard InChI is InChI=1S/C11H16FN/c1-8-6-9(2)11(12)7-10(8)4-3-5-13/h6-7H,3-5,13H2,1-2H3. The summed E-state index contributed by atoms with van der Waals surface area (Å²) < 4.78 is 13.2. The molecular formula is C11H16FN. The van der Waals surface area contributed by atoms with Crippen LogP contribution in [0.2, 0.25) is 0 Å². The van der Waals surface area contributed by atoms with Crippen LogP contribution in [0, 0.1) is 19.7 Å². The number of nitrogens with two attached hydrogens (primary N) is 1. The zero-order chi connectivity index (χ0) is 9.84. The summed E-state index contributed by atoms with van der Waals surface area (Å²) in [6, 6.07) is 3.52. The Labute approximate surface area is 78.8 Å². The van der Waals surface area contributed by atoms with Crippen LogP contribution in [-0.4, -0.2) is 6.54 Å². The van der Waals surface area contributed by atoms with E-state index >= 15 is 0 Å². The molecule has 0 aromatic heterocycles. The monoisotopic (exact) mass is 181 g/mol. The first-order chi connectivity index (χ1) is 6.15. The van der Waals surface area contributed by atoms with Gasteiger partial charge >= 0.3 is 0 Å². The molecule has 2 N–H and O–H groups in total. The minimum Gasteiger partial charge on any atom is -0.330 e. The molecule has 1 nitrogen and oxygen atoms in total. The molecule has 0 atom stereocenters. The van der Waals surface area contributed by atoms with Crippen LogP contribution < -0.4 is 5.73 Å². The molecule has 0 saturated heterocycles. The number of hydrogen-bond acceptors (Lipinski definition) is 1. The number of hydrogen-bond donors (Lipinski definition) is 1. The second-order valence-corrected chi connectivity index (χ2v) is 3.42. The van der Waals surface area contributed by atoms with Crippen LogP contribution in [-0.2, 0) is 6.42 Å².